The predicted octanol–water partition coefficient (Wildman–Crippen LogP) is 5.83. The monoisotopic (exact) mass is 525 g/mol. The number of imide groups is 1. The third-order valence-electron chi connectivity index (χ3n) is 5.68. The summed E-state index contributed by atoms with van der Waals surface area (Å²) in [5.74, 6) is 2.63. The lowest BCUT2D eigenvalue weighted by atomic mass is 10.1. The number of aromatic amines is 1. The minimum atomic E-state index is -0.393. The fourth-order valence-corrected chi connectivity index (χ4v) is 4.66. The van der Waals surface area contributed by atoms with Crippen molar-refractivity contribution in [2.45, 2.75) is 31.6 Å². The van der Waals surface area contributed by atoms with E-state index in [1.54, 1.807) is 18.2 Å². The Morgan fingerprint density at radius 2 is 1.72 bits per heavy atom. The Morgan fingerprint density at radius 3 is 2.42 bits per heavy atom. The molecule has 36 heavy (non-hydrogen) atoms. The van der Waals surface area contributed by atoms with Gasteiger partial charge in [0.05, 0.1) is 16.3 Å². The third kappa shape index (κ3) is 5.58. The molecule has 0 saturated carbocycles. The molecular weight excluding hydrogens is 502 g/mol. The molecule has 1 saturated heterocycles. The van der Waals surface area contributed by atoms with Crippen LogP contribution in [0.25, 0.3) is 11.0 Å². The molecule has 0 spiro atoms. The molecule has 3 N–H and O–H groups in total. The number of halogens is 1. The Bertz CT molecular complexity index is 1420. The maximum Gasteiger partial charge on any atom is 0.286 e. The molecule has 8 nitrogen and oxygen atoms in total. The minimum absolute atomic E-state index is 0. The smallest absolute Gasteiger partial charge is 0.286 e. The normalized spacial score (nSPS) is 15.9. The van der Waals surface area contributed by atoms with Crippen molar-refractivity contribution in [3.8, 4) is 23.0 Å². The highest BCUT2D eigenvalue weighted by atomic mass is 35.5. The molecule has 0 bridgehead atoms. The lowest BCUT2D eigenvalue weighted by Crippen LogP contribution is -2.25. The SMILES string of the molecule is Cc1cc(Oc2ccc3nc(C(C)Oc4ccc(CC5SC(=O)NC5=O)cc4)[nH]c3c2)ccc1O.Cl. The molecule has 1 fully saturated rings. The zero-order valence-corrected chi connectivity index (χ0v) is 21.1. The number of amides is 2. The van der Waals surface area contributed by atoms with Crippen LogP contribution in [-0.4, -0.2) is 31.5 Å². The van der Waals surface area contributed by atoms with Crippen molar-refractivity contribution < 1.29 is 24.2 Å². The number of hydrogen-bond acceptors (Lipinski definition) is 7. The number of rotatable bonds is 7. The van der Waals surface area contributed by atoms with Gasteiger partial charge in [-0.25, -0.2) is 4.98 Å². The zero-order chi connectivity index (χ0) is 24.5. The summed E-state index contributed by atoms with van der Waals surface area (Å²) in [4.78, 5) is 31.0. The van der Waals surface area contributed by atoms with Gasteiger partial charge in [0.15, 0.2) is 6.10 Å². The van der Waals surface area contributed by atoms with Crippen LogP contribution in [0.2, 0.25) is 0 Å². The van der Waals surface area contributed by atoms with E-state index in [1.807, 2.05) is 56.3 Å². The van der Waals surface area contributed by atoms with Crippen LogP contribution in [0, 0.1) is 6.92 Å². The molecule has 10 heteroatoms. The van der Waals surface area contributed by atoms with Crippen molar-refractivity contribution in [2.75, 3.05) is 0 Å². The number of aromatic nitrogens is 2. The number of ether oxygens (including phenoxy) is 2. The number of aryl methyl sites for hydroxylation is 1. The van der Waals surface area contributed by atoms with Crippen molar-refractivity contribution in [2.24, 2.45) is 0 Å². The molecule has 5 rings (SSSR count). The molecule has 2 heterocycles. The Hall–Kier alpha value is -3.69. The minimum Gasteiger partial charge on any atom is -0.508 e. The van der Waals surface area contributed by atoms with Gasteiger partial charge in [0.25, 0.3) is 5.24 Å². The number of hydrogen-bond donors (Lipinski definition) is 3. The first kappa shape index (κ1) is 25.4. The summed E-state index contributed by atoms with van der Waals surface area (Å²) in [7, 11) is 0. The first-order chi connectivity index (χ1) is 16.8. The predicted molar refractivity (Wildman–Crippen MR) is 140 cm³/mol. The van der Waals surface area contributed by atoms with Crippen LogP contribution < -0.4 is 14.8 Å². The lowest BCUT2D eigenvalue weighted by molar-refractivity contribution is -0.118. The fraction of sp³-hybridized carbons (Fsp3) is 0.192. The number of fused-ring (bicyclic) bond motifs is 1. The fourth-order valence-electron chi connectivity index (χ4n) is 3.80. The molecule has 2 atom stereocenters. The number of aromatic hydroxyl groups is 1. The third-order valence-corrected chi connectivity index (χ3v) is 6.67. The number of thioether (sulfide) groups is 1. The maximum atomic E-state index is 11.8. The van der Waals surface area contributed by atoms with Crippen molar-refractivity contribution in [3.05, 3.63) is 77.6 Å². The molecule has 0 aliphatic carbocycles. The van der Waals surface area contributed by atoms with Gasteiger partial charge in [0.2, 0.25) is 5.91 Å². The molecule has 2 unspecified atom stereocenters. The molecule has 0 radical (unpaired) electrons. The Morgan fingerprint density at radius 1 is 1.03 bits per heavy atom. The van der Waals surface area contributed by atoms with E-state index >= 15 is 0 Å². The van der Waals surface area contributed by atoms with Gasteiger partial charge in [-0.1, -0.05) is 23.9 Å². The second-order valence-corrected chi connectivity index (χ2v) is 9.52. The average Bonchev–Trinajstić information content (AvgIpc) is 3.39. The van der Waals surface area contributed by atoms with Crippen LogP contribution in [0.1, 0.15) is 30.0 Å². The van der Waals surface area contributed by atoms with E-state index in [0.717, 1.165) is 33.9 Å². The van der Waals surface area contributed by atoms with E-state index in [-0.39, 0.29) is 35.4 Å². The Kier molecular flexibility index (Phi) is 7.42. The number of nitrogens with one attached hydrogen (secondary N) is 2. The van der Waals surface area contributed by atoms with Gasteiger partial charge >= 0.3 is 0 Å². The highest BCUT2D eigenvalue weighted by Crippen LogP contribution is 2.30. The maximum absolute atomic E-state index is 11.8. The summed E-state index contributed by atoms with van der Waals surface area (Å²) in [6.07, 6.45) is 0.154. The zero-order valence-electron chi connectivity index (χ0n) is 19.5. The molecule has 1 aromatic heterocycles. The summed E-state index contributed by atoms with van der Waals surface area (Å²) in [6.45, 7) is 3.73. The number of nitrogens with zero attached hydrogens (tertiary/aromatic N) is 1. The van der Waals surface area contributed by atoms with E-state index in [2.05, 4.69) is 15.3 Å². The molecule has 1 aliphatic rings. The van der Waals surface area contributed by atoms with Gasteiger partial charge in [-0.2, -0.15) is 0 Å². The molecule has 1 aliphatic heterocycles. The number of carbonyl (C=O) groups is 2. The molecule has 2 amide bonds. The summed E-state index contributed by atoms with van der Waals surface area (Å²) in [5.41, 5.74) is 3.31. The van der Waals surface area contributed by atoms with E-state index in [9.17, 15) is 14.7 Å². The van der Waals surface area contributed by atoms with E-state index < -0.39 is 5.25 Å². The first-order valence-corrected chi connectivity index (χ1v) is 12.0. The Labute approximate surface area is 217 Å². The van der Waals surface area contributed by atoms with Crippen molar-refractivity contribution in [3.63, 3.8) is 0 Å². The van der Waals surface area contributed by atoms with Crippen molar-refractivity contribution in [1.82, 2.24) is 15.3 Å². The Balaban J connectivity index is 0.00000304. The van der Waals surface area contributed by atoms with Gasteiger partial charge in [-0.15, -0.1) is 12.4 Å². The number of H-pyrrole nitrogens is 1. The average molecular weight is 526 g/mol. The second-order valence-electron chi connectivity index (χ2n) is 8.34. The van der Waals surface area contributed by atoms with Gasteiger partial charge in [-0.3, -0.25) is 14.9 Å². The van der Waals surface area contributed by atoms with Crippen molar-refractivity contribution >= 4 is 46.3 Å². The van der Waals surface area contributed by atoms with E-state index in [1.165, 1.54) is 0 Å². The quantitative estimate of drug-likeness (QED) is 0.278. The van der Waals surface area contributed by atoms with E-state index in [4.69, 9.17) is 9.47 Å². The topological polar surface area (TPSA) is 114 Å². The summed E-state index contributed by atoms with van der Waals surface area (Å²) in [5, 5.41) is 11.3. The summed E-state index contributed by atoms with van der Waals surface area (Å²) < 4.78 is 12.0. The molecular formula is C26H24ClN3O5S. The number of benzene rings is 3. The van der Waals surface area contributed by atoms with Crippen LogP contribution in [0.3, 0.4) is 0 Å². The number of phenolic OH excluding ortho intramolecular Hbond substituents is 1. The highest BCUT2D eigenvalue weighted by Gasteiger charge is 2.31. The summed E-state index contributed by atoms with van der Waals surface area (Å²) >= 11 is 1.02. The second kappa shape index (κ2) is 10.5. The molecule has 186 valence electrons. The van der Waals surface area contributed by atoms with E-state index in [0.29, 0.717) is 29.5 Å². The number of carbonyl (C=O) groups excluding carboxylic acids is 2. The van der Waals surface area contributed by atoms with Gasteiger partial charge < -0.3 is 19.6 Å². The standard InChI is InChI=1S/C26H23N3O5S.ClH/c1-14-11-18(8-10-22(14)30)34-19-7-9-20-21(13-19)28-24(27-20)15(2)33-17-5-3-16(4-6-17)12-23-25(31)29-26(32)35-23;/h3-11,13,15,23,30H,12H2,1-2H3,(H,27,28)(H,29,31,32);1H. The van der Waals surface area contributed by atoms with Crippen LogP contribution in [0.15, 0.2) is 60.7 Å². The van der Waals surface area contributed by atoms with Gasteiger partial charge in [0.1, 0.15) is 28.8 Å². The highest BCUT2D eigenvalue weighted by molar-refractivity contribution is 8.15. The van der Waals surface area contributed by atoms with Gasteiger partial charge in [0, 0.05) is 6.07 Å². The first-order valence-electron chi connectivity index (χ1n) is 11.1. The van der Waals surface area contributed by atoms with Crippen LogP contribution in [0.4, 0.5) is 4.79 Å². The molecule has 3 aromatic carbocycles. The summed E-state index contributed by atoms with van der Waals surface area (Å²) in [6, 6.07) is 18.2. The van der Waals surface area contributed by atoms with Crippen LogP contribution in [-0.2, 0) is 11.2 Å². The number of imidazole rings is 1. The van der Waals surface area contributed by atoms with Crippen molar-refractivity contribution in [1.29, 1.82) is 0 Å². The van der Waals surface area contributed by atoms with Crippen LogP contribution in [0.5, 0.6) is 23.0 Å². The lowest BCUT2D eigenvalue weighted by Gasteiger charge is -2.13. The largest absolute Gasteiger partial charge is 0.508 e. The van der Waals surface area contributed by atoms with Gasteiger partial charge in [-0.05, 0) is 73.9 Å². The van der Waals surface area contributed by atoms with Crippen LogP contribution >= 0.6 is 24.2 Å². The number of phenols is 1. The molecule has 4 aromatic rings.